The van der Waals surface area contributed by atoms with Crippen molar-refractivity contribution in [2.45, 2.75) is 6.92 Å². The molecule has 0 radical (unpaired) electrons. The maximum absolute atomic E-state index is 10.9. The Morgan fingerprint density at radius 1 is 1.29 bits per heavy atom. The summed E-state index contributed by atoms with van der Waals surface area (Å²) in [4.78, 5) is 21.4. The van der Waals surface area contributed by atoms with E-state index in [2.05, 4.69) is 5.32 Å². The van der Waals surface area contributed by atoms with Gasteiger partial charge in [0.25, 0.3) is 0 Å². The van der Waals surface area contributed by atoms with E-state index >= 15 is 0 Å². The van der Waals surface area contributed by atoms with Crippen LogP contribution in [0.4, 0.5) is 5.69 Å². The molecule has 1 amide bonds. The molecular formula is C13H11NO3. The van der Waals surface area contributed by atoms with E-state index in [1.807, 2.05) is 12.1 Å². The second-order valence-electron chi connectivity index (χ2n) is 3.58. The molecule has 4 nitrogen and oxygen atoms in total. The third kappa shape index (κ3) is 2.60. The van der Waals surface area contributed by atoms with Crippen molar-refractivity contribution in [3.05, 3.63) is 42.2 Å². The SMILES string of the molecule is CC(=O)Nc1cccc(-c2ccc(C=O)o2)c1. The molecule has 0 fully saturated rings. The van der Waals surface area contributed by atoms with E-state index in [1.54, 1.807) is 24.3 Å². The second-order valence-corrected chi connectivity index (χ2v) is 3.58. The highest BCUT2D eigenvalue weighted by atomic mass is 16.3. The van der Waals surface area contributed by atoms with Crippen molar-refractivity contribution in [2.24, 2.45) is 0 Å². The Labute approximate surface area is 98.3 Å². The summed E-state index contributed by atoms with van der Waals surface area (Å²) in [6, 6.07) is 10.6. The van der Waals surface area contributed by atoms with Crippen LogP contribution in [0, 0.1) is 0 Å². The van der Waals surface area contributed by atoms with Gasteiger partial charge in [-0.2, -0.15) is 0 Å². The van der Waals surface area contributed by atoms with Crippen LogP contribution < -0.4 is 5.32 Å². The summed E-state index contributed by atoms with van der Waals surface area (Å²) in [6.45, 7) is 1.45. The fraction of sp³-hybridized carbons (Fsp3) is 0.0769. The van der Waals surface area contributed by atoms with Gasteiger partial charge >= 0.3 is 0 Å². The molecular weight excluding hydrogens is 218 g/mol. The minimum atomic E-state index is -0.129. The van der Waals surface area contributed by atoms with Gasteiger partial charge in [0.05, 0.1) is 0 Å². The molecule has 0 aliphatic carbocycles. The van der Waals surface area contributed by atoms with Crippen LogP contribution >= 0.6 is 0 Å². The predicted octanol–water partition coefficient (Wildman–Crippen LogP) is 2.72. The molecule has 0 unspecified atom stereocenters. The lowest BCUT2D eigenvalue weighted by Gasteiger charge is -2.03. The molecule has 0 atom stereocenters. The number of benzene rings is 1. The summed E-state index contributed by atoms with van der Waals surface area (Å²) in [5.41, 5.74) is 1.50. The average molecular weight is 229 g/mol. The van der Waals surface area contributed by atoms with Gasteiger partial charge in [-0.3, -0.25) is 9.59 Å². The summed E-state index contributed by atoms with van der Waals surface area (Å²) in [7, 11) is 0. The number of hydrogen-bond acceptors (Lipinski definition) is 3. The number of rotatable bonds is 3. The molecule has 0 aliphatic heterocycles. The van der Waals surface area contributed by atoms with E-state index in [9.17, 15) is 9.59 Å². The maximum Gasteiger partial charge on any atom is 0.221 e. The van der Waals surface area contributed by atoms with Crippen molar-refractivity contribution in [2.75, 3.05) is 5.32 Å². The van der Waals surface area contributed by atoms with Crippen LogP contribution in [0.15, 0.2) is 40.8 Å². The Bertz CT molecular complexity index is 557. The van der Waals surface area contributed by atoms with Gasteiger partial charge < -0.3 is 9.73 Å². The molecule has 0 aliphatic rings. The lowest BCUT2D eigenvalue weighted by atomic mass is 10.1. The van der Waals surface area contributed by atoms with E-state index in [-0.39, 0.29) is 11.7 Å². The topological polar surface area (TPSA) is 59.3 Å². The molecule has 1 aromatic carbocycles. The summed E-state index contributed by atoms with van der Waals surface area (Å²) >= 11 is 0. The number of anilines is 1. The van der Waals surface area contributed by atoms with Gasteiger partial charge in [0, 0.05) is 18.2 Å². The molecule has 1 heterocycles. The lowest BCUT2D eigenvalue weighted by Crippen LogP contribution is -2.05. The maximum atomic E-state index is 10.9. The molecule has 17 heavy (non-hydrogen) atoms. The Morgan fingerprint density at radius 2 is 2.12 bits per heavy atom. The molecule has 0 spiro atoms. The molecule has 0 saturated heterocycles. The van der Waals surface area contributed by atoms with Crippen LogP contribution in [0.5, 0.6) is 0 Å². The fourth-order valence-electron chi connectivity index (χ4n) is 1.52. The van der Waals surface area contributed by atoms with Gasteiger partial charge in [0.15, 0.2) is 12.0 Å². The van der Waals surface area contributed by atoms with Crippen molar-refractivity contribution < 1.29 is 14.0 Å². The number of carbonyl (C=O) groups is 2. The van der Waals surface area contributed by atoms with E-state index in [0.717, 1.165) is 5.56 Å². The summed E-state index contributed by atoms with van der Waals surface area (Å²) in [6.07, 6.45) is 0.654. The van der Waals surface area contributed by atoms with Gasteiger partial charge in [-0.25, -0.2) is 0 Å². The zero-order chi connectivity index (χ0) is 12.3. The number of carbonyl (C=O) groups excluding carboxylic acids is 2. The number of amides is 1. The van der Waals surface area contributed by atoms with E-state index in [1.165, 1.54) is 6.92 Å². The van der Waals surface area contributed by atoms with Crippen LogP contribution in [0.3, 0.4) is 0 Å². The second kappa shape index (κ2) is 4.65. The highest BCUT2D eigenvalue weighted by Gasteiger charge is 2.05. The summed E-state index contributed by atoms with van der Waals surface area (Å²) in [5, 5.41) is 2.69. The van der Waals surface area contributed by atoms with Gasteiger partial charge in [0.2, 0.25) is 5.91 Å². The van der Waals surface area contributed by atoms with Crippen molar-refractivity contribution in [3.63, 3.8) is 0 Å². The zero-order valence-corrected chi connectivity index (χ0v) is 9.27. The minimum Gasteiger partial charge on any atom is -0.453 e. The summed E-state index contributed by atoms with van der Waals surface area (Å²) < 4.78 is 5.30. The van der Waals surface area contributed by atoms with Crippen LogP contribution in [0.25, 0.3) is 11.3 Å². The first-order valence-corrected chi connectivity index (χ1v) is 5.12. The van der Waals surface area contributed by atoms with Crippen LogP contribution in [0.2, 0.25) is 0 Å². The van der Waals surface area contributed by atoms with E-state index in [0.29, 0.717) is 17.7 Å². The highest BCUT2D eigenvalue weighted by Crippen LogP contribution is 2.24. The van der Waals surface area contributed by atoms with Gasteiger partial charge in [0.1, 0.15) is 5.76 Å². The van der Waals surface area contributed by atoms with Crippen molar-refractivity contribution >= 4 is 17.9 Å². The number of aldehydes is 1. The smallest absolute Gasteiger partial charge is 0.221 e. The Hall–Kier alpha value is -2.36. The number of nitrogens with one attached hydrogen (secondary N) is 1. The summed E-state index contributed by atoms with van der Waals surface area (Å²) in [5.74, 6) is 0.749. The van der Waals surface area contributed by atoms with Crippen LogP contribution in [0.1, 0.15) is 17.5 Å². The average Bonchev–Trinajstić information content (AvgIpc) is 2.77. The standard InChI is InChI=1S/C13H11NO3/c1-9(16)14-11-4-2-3-10(7-11)13-6-5-12(8-15)17-13/h2-8H,1H3,(H,14,16). The first-order chi connectivity index (χ1) is 8.19. The number of hydrogen-bond donors (Lipinski definition) is 1. The van der Waals surface area contributed by atoms with Crippen LogP contribution in [-0.2, 0) is 4.79 Å². The normalized spacial score (nSPS) is 9.94. The zero-order valence-electron chi connectivity index (χ0n) is 9.27. The molecule has 0 saturated carbocycles. The molecule has 86 valence electrons. The van der Waals surface area contributed by atoms with Gasteiger partial charge in [-0.15, -0.1) is 0 Å². The Balaban J connectivity index is 2.32. The van der Waals surface area contributed by atoms with Crippen LogP contribution in [-0.4, -0.2) is 12.2 Å². The Morgan fingerprint density at radius 3 is 2.76 bits per heavy atom. The minimum absolute atomic E-state index is 0.129. The van der Waals surface area contributed by atoms with Crippen molar-refractivity contribution in [1.29, 1.82) is 0 Å². The molecule has 2 rings (SSSR count). The molecule has 0 bridgehead atoms. The van der Waals surface area contributed by atoms with E-state index < -0.39 is 0 Å². The molecule has 1 aromatic heterocycles. The van der Waals surface area contributed by atoms with Gasteiger partial charge in [-0.1, -0.05) is 12.1 Å². The first-order valence-electron chi connectivity index (χ1n) is 5.12. The van der Waals surface area contributed by atoms with Gasteiger partial charge in [-0.05, 0) is 24.3 Å². The van der Waals surface area contributed by atoms with E-state index in [4.69, 9.17) is 4.42 Å². The largest absolute Gasteiger partial charge is 0.453 e. The third-order valence-corrected chi connectivity index (χ3v) is 2.21. The monoisotopic (exact) mass is 229 g/mol. The predicted molar refractivity (Wildman–Crippen MR) is 63.8 cm³/mol. The molecule has 4 heteroatoms. The van der Waals surface area contributed by atoms with Crippen molar-refractivity contribution in [1.82, 2.24) is 0 Å². The first kappa shape index (κ1) is 11.1. The third-order valence-electron chi connectivity index (χ3n) is 2.21. The molecule has 1 N–H and O–H groups in total. The molecule has 2 aromatic rings. The lowest BCUT2D eigenvalue weighted by molar-refractivity contribution is -0.114. The highest BCUT2D eigenvalue weighted by molar-refractivity contribution is 5.89. The quantitative estimate of drug-likeness (QED) is 0.823. The Kier molecular flexibility index (Phi) is 3.05. The fourth-order valence-corrected chi connectivity index (χ4v) is 1.52. The van der Waals surface area contributed by atoms with Crippen molar-refractivity contribution in [3.8, 4) is 11.3 Å². The number of furan rings is 1.